The molecule has 0 spiro atoms. The molecular formula is C16H27N3O. The van der Waals surface area contributed by atoms with Crippen molar-refractivity contribution in [2.75, 3.05) is 32.8 Å². The number of likely N-dealkylation sites (N-methyl/N-ethyl adjacent to an activating group) is 1. The quantitative estimate of drug-likeness (QED) is 0.859. The number of nitrogens with one attached hydrogen (secondary N) is 1. The Kier molecular flexibility index (Phi) is 5.52. The van der Waals surface area contributed by atoms with Crippen molar-refractivity contribution >= 4 is 0 Å². The van der Waals surface area contributed by atoms with Crippen LogP contribution in [-0.4, -0.2) is 54.3 Å². The number of hydrogen-bond donors (Lipinski definition) is 1. The van der Waals surface area contributed by atoms with E-state index >= 15 is 0 Å². The number of ether oxygens (including phenoxy) is 1. The lowest BCUT2D eigenvalue weighted by molar-refractivity contribution is -0.0231. The first-order chi connectivity index (χ1) is 9.64. The maximum absolute atomic E-state index is 5.48. The number of pyridine rings is 1. The smallest absolute Gasteiger partial charge is 0.0594 e. The maximum Gasteiger partial charge on any atom is 0.0594 e. The summed E-state index contributed by atoms with van der Waals surface area (Å²) < 4.78 is 5.48. The highest BCUT2D eigenvalue weighted by atomic mass is 16.5. The molecule has 1 unspecified atom stereocenters. The molecule has 0 bridgehead atoms. The van der Waals surface area contributed by atoms with Crippen LogP contribution in [0.25, 0.3) is 0 Å². The molecule has 2 rings (SSSR count). The summed E-state index contributed by atoms with van der Waals surface area (Å²) in [6.07, 6.45) is 2.83. The van der Waals surface area contributed by atoms with Crippen molar-refractivity contribution in [3.8, 4) is 0 Å². The Bertz CT molecular complexity index is 388. The SMILES string of the molecule is CCNC(Cc1ccccn1)C(C)(C)N1CCOCC1. The zero-order valence-corrected chi connectivity index (χ0v) is 12.9. The fraction of sp³-hybridized carbons (Fsp3) is 0.688. The molecule has 1 aromatic rings. The van der Waals surface area contributed by atoms with Gasteiger partial charge in [-0.2, -0.15) is 0 Å². The normalized spacial score (nSPS) is 18.9. The molecule has 0 aromatic carbocycles. The van der Waals surface area contributed by atoms with Gasteiger partial charge in [-0.3, -0.25) is 9.88 Å². The molecule has 2 heterocycles. The molecule has 1 aliphatic rings. The second kappa shape index (κ2) is 7.16. The average Bonchev–Trinajstić information content (AvgIpc) is 2.49. The van der Waals surface area contributed by atoms with Crippen LogP contribution in [0.3, 0.4) is 0 Å². The Labute approximate surface area is 122 Å². The summed E-state index contributed by atoms with van der Waals surface area (Å²) in [4.78, 5) is 7.01. The van der Waals surface area contributed by atoms with E-state index in [9.17, 15) is 0 Å². The van der Waals surface area contributed by atoms with Crippen LogP contribution in [0.5, 0.6) is 0 Å². The Morgan fingerprint density at radius 1 is 1.35 bits per heavy atom. The fourth-order valence-electron chi connectivity index (χ4n) is 2.91. The number of nitrogens with zero attached hydrogens (tertiary/aromatic N) is 2. The van der Waals surface area contributed by atoms with Gasteiger partial charge in [-0.1, -0.05) is 13.0 Å². The van der Waals surface area contributed by atoms with Crippen molar-refractivity contribution in [3.05, 3.63) is 30.1 Å². The lowest BCUT2D eigenvalue weighted by Crippen LogP contribution is -2.61. The minimum absolute atomic E-state index is 0.0946. The Morgan fingerprint density at radius 3 is 2.70 bits per heavy atom. The molecule has 1 N–H and O–H groups in total. The van der Waals surface area contributed by atoms with Crippen LogP contribution in [-0.2, 0) is 11.2 Å². The third-order valence-electron chi connectivity index (χ3n) is 4.27. The van der Waals surface area contributed by atoms with Crippen LogP contribution >= 0.6 is 0 Å². The van der Waals surface area contributed by atoms with Crippen LogP contribution in [0.15, 0.2) is 24.4 Å². The van der Waals surface area contributed by atoms with E-state index in [-0.39, 0.29) is 5.54 Å². The van der Waals surface area contributed by atoms with E-state index in [0.29, 0.717) is 6.04 Å². The van der Waals surface area contributed by atoms with Crippen LogP contribution in [0.2, 0.25) is 0 Å². The number of rotatable bonds is 6. The van der Waals surface area contributed by atoms with Crippen molar-refractivity contribution in [1.82, 2.24) is 15.2 Å². The molecule has 1 aliphatic heterocycles. The van der Waals surface area contributed by atoms with Gasteiger partial charge in [-0.25, -0.2) is 0 Å². The minimum atomic E-state index is 0.0946. The molecule has 1 atom stereocenters. The topological polar surface area (TPSA) is 37.4 Å². The van der Waals surface area contributed by atoms with Gasteiger partial charge in [0.05, 0.1) is 13.2 Å². The van der Waals surface area contributed by atoms with E-state index in [0.717, 1.165) is 45.0 Å². The summed E-state index contributed by atoms with van der Waals surface area (Å²) in [6.45, 7) is 11.5. The largest absolute Gasteiger partial charge is 0.379 e. The minimum Gasteiger partial charge on any atom is -0.379 e. The van der Waals surface area contributed by atoms with Crippen molar-refractivity contribution < 1.29 is 4.74 Å². The summed E-state index contributed by atoms with van der Waals surface area (Å²) in [5, 5.41) is 3.65. The van der Waals surface area contributed by atoms with E-state index < -0.39 is 0 Å². The summed E-state index contributed by atoms with van der Waals surface area (Å²) in [6, 6.07) is 6.53. The second-order valence-corrected chi connectivity index (χ2v) is 5.89. The van der Waals surface area contributed by atoms with E-state index in [1.165, 1.54) is 0 Å². The van der Waals surface area contributed by atoms with Gasteiger partial charge < -0.3 is 10.1 Å². The Hall–Kier alpha value is -0.970. The third-order valence-corrected chi connectivity index (χ3v) is 4.27. The molecule has 4 nitrogen and oxygen atoms in total. The Balaban J connectivity index is 2.09. The lowest BCUT2D eigenvalue weighted by Gasteiger charge is -2.46. The van der Waals surface area contributed by atoms with Gasteiger partial charge in [0.25, 0.3) is 0 Å². The molecule has 1 fully saturated rings. The first-order valence-corrected chi connectivity index (χ1v) is 7.60. The fourth-order valence-corrected chi connectivity index (χ4v) is 2.91. The predicted molar refractivity (Wildman–Crippen MR) is 81.9 cm³/mol. The summed E-state index contributed by atoms with van der Waals surface area (Å²) in [5.74, 6) is 0. The van der Waals surface area contributed by atoms with E-state index in [2.05, 4.69) is 48.1 Å². The van der Waals surface area contributed by atoms with Crippen molar-refractivity contribution in [1.29, 1.82) is 0 Å². The lowest BCUT2D eigenvalue weighted by atomic mass is 9.88. The van der Waals surface area contributed by atoms with E-state index in [1.54, 1.807) is 0 Å². The molecule has 0 amide bonds. The van der Waals surface area contributed by atoms with Gasteiger partial charge in [0.1, 0.15) is 0 Å². The highest BCUT2D eigenvalue weighted by molar-refractivity contribution is 5.08. The molecule has 0 saturated carbocycles. The zero-order valence-electron chi connectivity index (χ0n) is 12.9. The van der Waals surface area contributed by atoms with Gasteiger partial charge in [0.15, 0.2) is 0 Å². The highest BCUT2D eigenvalue weighted by Crippen LogP contribution is 2.23. The van der Waals surface area contributed by atoms with E-state index in [4.69, 9.17) is 4.74 Å². The van der Waals surface area contributed by atoms with Gasteiger partial charge in [-0.05, 0) is 32.5 Å². The second-order valence-electron chi connectivity index (χ2n) is 5.89. The predicted octanol–water partition coefficient (Wildman–Crippen LogP) is 1.71. The van der Waals surface area contributed by atoms with Crippen molar-refractivity contribution in [2.45, 2.75) is 38.8 Å². The Morgan fingerprint density at radius 2 is 2.10 bits per heavy atom. The number of aromatic nitrogens is 1. The van der Waals surface area contributed by atoms with E-state index in [1.807, 2.05) is 12.3 Å². The van der Waals surface area contributed by atoms with Crippen LogP contribution < -0.4 is 5.32 Å². The first-order valence-electron chi connectivity index (χ1n) is 7.60. The standard InChI is InChI=1S/C16H27N3O/c1-4-17-15(13-14-7-5-6-8-18-14)16(2,3)19-9-11-20-12-10-19/h5-8,15,17H,4,9-13H2,1-3H3. The van der Waals surface area contributed by atoms with Gasteiger partial charge in [0, 0.05) is 43.0 Å². The van der Waals surface area contributed by atoms with Crippen LogP contribution in [0.4, 0.5) is 0 Å². The zero-order chi connectivity index (χ0) is 14.4. The van der Waals surface area contributed by atoms with Gasteiger partial charge in [-0.15, -0.1) is 0 Å². The number of hydrogen-bond acceptors (Lipinski definition) is 4. The molecule has 0 radical (unpaired) electrons. The monoisotopic (exact) mass is 277 g/mol. The van der Waals surface area contributed by atoms with Gasteiger partial charge in [0.2, 0.25) is 0 Å². The molecule has 112 valence electrons. The summed E-state index contributed by atoms with van der Waals surface area (Å²) in [5.41, 5.74) is 1.25. The van der Waals surface area contributed by atoms with Crippen molar-refractivity contribution in [2.24, 2.45) is 0 Å². The average molecular weight is 277 g/mol. The third kappa shape index (κ3) is 3.78. The molecular weight excluding hydrogens is 250 g/mol. The molecule has 1 saturated heterocycles. The molecule has 1 aromatic heterocycles. The molecule has 0 aliphatic carbocycles. The highest BCUT2D eigenvalue weighted by Gasteiger charge is 2.35. The molecule has 20 heavy (non-hydrogen) atoms. The molecule has 4 heteroatoms. The maximum atomic E-state index is 5.48. The first kappa shape index (κ1) is 15.4. The van der Waals surface area contributed by atoms with Crippen molar-refractivity contribution in [3.63, 3.8) is 0 Å². The van der Waals surface area contributed by atoms with Crippen LogP contribution in [0, 0.1) is 0 Å². The summed E-state index contributed by atoms with van der Waals surface area (Å²) in [7, 11) is 0. The van der Waals surface area contributed by atoms with Gasteiger partial charge >= 0.3 is 0 Å². The summed E-state index contributed by atoms with van der Waals surface area (Å²) >= 11 is 0. The number of morpholine rings is 1. The van der Waals surface area contributed by atoms with Crippen LogP contribution in [0.1, 0.15) is 26.5 Å².